The van der Waals surface area contributed by atoms with Crippen LogP contribution in [0.4, 0.5) is 0 Å². The maximum absolute atomic E-state index is 12.3. The SMILES string of the molecule is CCCOC(=O)c1[nH]c(CN)c(-c2ccc(OC)c(OC)c2OC)c1Br. The quantitative estimate of drug-likeness (QED) is 0.627. The van der Waals surface area contributed by atoms with Crippen LogP contribution in [0.1, 0.15) is 29.5 Å². The van der Waals surface area contributed by atoms with Crippen molar-refractivity contribution < 1.29 is 23.7 Å². The van der Waals surface area contributed by atoms with Crippen LogP contribution in [0.25, 0.3) is 11.1 Å². The average Bonchev–Trinajstić information content (AvgIpc) is 3.00. The van der Waals surface area contributed by atoms with Crippen molar-refractivity contribution in [3.8, 4) is 28.4 Å². The van der Waals surface area contributed by atoms with Crippen molar-refractivity contribution in [1.29, 1.82) is 0 Å². The minimum absolute atomic E-state index is 0.201. The Morgan fingerprint density at radius 1 is 1.15 bits per heavy atom. The summed E-state index contributed by atoms with van der Waals surface area (Å²) in [6.07, 6.45) is 0.740. The molecule has 3 N–H and O–H groups in total. The fourth-order valence-corrected chi connectivity index (χ4v) is 3.38. The van der Waals surface area contributed by atoms with Crippen LogP contribution in [0.15, 0.2) is 16.6 Å². The largest absolute Gasteiger partial charge is 0.493 e. The van der Waals surface area contributed by atoms with Gasteiger partial charge in [0.15, 0.2) is 11.5 Å². The zero-order chi connectivity index (χ0) is 19.3. The third-order valence-electron chi connectivity index (χ3n) is 3.84. The van der Waals surface area contributed by atoms with Gasteiger partial charge >= 0.3 is 5.97 Å². The molecule has 2 aromatic rings. The smallest absolute Gasteiger partial charge is 0.355 e. The molecule has 0 aliphatic rings. The third kappa shape index (κ3) is 3.66. The van der Waals surface area contributed by atoms with Crippen LogP contribution in [-0.4, -0.2) is 38.9 Å². The molecule has 1 aromatic carbocycles. The van der Waals surface area contributed by atoms with E-state index in [1.165, 1.54) is 7.11 Å². The Morgan fingerprint density at radius 3 is 2.38 bits per heavy atom. The number of ether oxygens (including phenoxy) is 4. The van der Waals surface area contributed by atoms with Gasteiger partial charge in [0.1, 0.15) is 5.69 Å². The van der Waals surface area contributed by atoms with E-state index in [9.17, 15) is 4.79 Å². The van der Waals surface area contributed by atoms with Crippen molar-refractivity contribution in [2.75, 3.05) is 27.9 Å². The Balaban J connectivity index is 2.65. The van der Waals surface area contributed by atoms with E-state index in [4.69, 9.17) is 24.7 Å². The molecule has 1 heterocycles. The number of carbonyl (C=O) groups is 1. The van der Waals surface area contributed by atoms with Gasteiger partial charge in [-0.3, -0.25) is 0 Å². The Labute approximate surface area is 160 Å². The molecule has 26 heavy (non-hydrogen) atoms. The fraction of sp³-hybridized carbons (Fsp3) is 0.389. The molecule has 0 amide bonds. The Morgan fingerprint density at radius 2 is 1.85 bits per heavy atom. The molecule has 2 rings (SSSR count). The van der Waals surface area contributed by atoms with Crippen LogP contribution < -0.4 is 19.9 Å². The molecule has 0 atom stereocenters. The molecule has 0 aliphatic carbocycles. The van der Waals surface area contributed by atoms with Gasteiger partial charge in [-0.05, 0) is 34.5 Å². The summed E-state index contributed by atoms with van der Waals surface area (Å²) in [5.74, 6) is 1.03. The van der Waals surface area contributed by atoms with Crippen molar-refractivity contribution >= 4 is 21.9 Å². The Bertz CT molecular complexity index is 788. The van der Waals surface area contributed by atoms with Gasteiger partial charge in [-0.2, -0.15) is 0 Å². The number of hydrogen-bond donors (Lipinski definition) is 2. The van der Waals surface area contributed by atoms with E-state index in [1.54, 1.807) is 20.3 Å². The number of H-pyrrole nitrogens is 1. The minimum atomic E-state index is -0.445. The lowest BCUT2D eigenvalue weighted by Gasteiger charge is -2.16. The van der Waals surface area contributed by atoms with Gasteiger partial charge in [-0.1, -0.05) is 6.92 Å². The van der Waals surface area contributed by atoms with E-state index in [0.29, 0.717) is 50.8 Å². The molecule has 142 valence electrons. The predicted octanol–water partition coefficient (Wildman–Crippen LogP) is 3.50. The second kappa shape index (κ2) is 8.95. The average molecular weight is 427 g/mol. The van der Waals surface area contributed by atoms with Crippen molar-refractivity contribution in [1.82, 2.24) is 4.98 Å². The van der Waals surface area contributed by atoms with Crippen LogP contribution >= 0.6 is 15.9 Å². The highest BCUT2D eigenvalue weighted by atomic mass is 79.9. The maximum Gasteiger partial charge on any atom is 0.355 e. The second-order valence-corrected chi connectivity index (χ2v) is 6.18. The van der Waals surface area contributed by atoms with Crippen LogP contribution in [0.5, 0.6) is 17.2 Å². The summed E-state index contributed by atoms with van der Waals surface area (Å²) in [5, 5.41) is 0. The van der Waals surface area contributed by atoms with E-state index < -0.39 is 5.97 Å². The number of methoxy groups -OCH3 is 3. The number of halogens is 1. The highest BCUT2D eigenvalue weighted by Gasteiger charge is 2.26. The van der Waals surface area contributed by atoms with Gasteiger partial charge in [-0.25, -0.2) is 4.79 Å². The second-order valence-electron chi connectivity index (χ2n) is 5.39. The van der Waals surface area contributed by atoms with E-state index in [-0.39, 0.29) is 6.54 Å². The van der Waals surface area contributed by atoms with Crippen LogP contribution in [0.2, 0.25) is 0 Å². The van der Waals surface area contributed by atoms with E-state index in [1.807, 2.05) is 13.0 Å². The highest BCUT2D eigenvalue weighted by molar-refractivity contribution is 9.10. The number of nitrogens with two attached hydrogens (primary N) is 1. The van der Waals surface area contributed by atoms with E-state index >= 15 is 0 Å². The zero-order valence-electron chi connectivity index (χ0n) is 15.3. The van der Waals surface area contributed by atoms with Crippen LogP contribution in [0.3, 0.4) is 0 Å². The Kier molecular flexibility index (Phi) is 6.93. The molecule has 0 unspecified atom stereocenters. The molecule has 0 aliphatic heterocycles. The van der Waals surface area contributed by atoms with Crippen LogP contribution in [0, 0.1) is 0 Å². The predicted molar refractivity (Wildman–Crippen MR) is 102 cm³/mol. The van der Waals surface area contributed by atoms with Gasteiger partial charge in [-0.15, -0.1) is 0 Å². The number of benzene rings is 1. The van der Waals surface area contributed by atoms with Crippen molar-refractivity contribution in [2.24, 2.45) is 5.73 Å². The summed E-state index contributed by atoms with van der Waals surface area (Å²) >= 11 is 3.50. The number of aromatic nitrogens is 1. The first-order valence-corrected chi connectivity index (χ1v) is 8.90. The molecule has 1 aromatic heterocycles. The topological polar surface area (TPSA) is 95.8 Å². The number of hydrogen-bond acceptors (Lipinski definition) is 6. The standard InChI is InChI=1S/C18H23BrN2O5/c1-5-8-26-18(22)15-14(19)13(11(9-20)21-15)10-6-7-12(23-2)17(25-4)16(10)24-3/h6-7,21H,5,8-9,20H2,1-4H3. The summed E-state index contributed by atoms with van der Waals surface area (Å²) < 4.78 is 22.1. The monoisotopic (exact) mass is 426 g/mol. The molecule has 0 saturated carbocycles. The van der Waals surface area contributed by atoms with Gasteiger partial charge in [0.2, 0.25) is 5.75 Å². The number of aromatic amines is 1. The molecule has 0 fully saturated rings. The number of nitrogens with one attached hydrogen (secondary N) is 1. The summed E-state index contributed by atoms with van der Waals surface area (Å²) in [4.78, 5) is 15.4. The Hall–Kier alpha value is -2.19. The summed E-state index contributed by atoms with van der Waals surface area (Å²) in [6.45, 7) is 2.48. The van der Waals surface area contributed by atoms with Gasteiger partial charge < -0.3 is 29.7 Å². The molecule has 0 bridgehead atoms. The summed E-state index contributed by atoms with van der Waals surface area (Å²) in [6, 6.07) is 3.60. The minimum Gasteiger partial charge on any atom is -0.493 e. The molecule has 0 spiro atoms. The lowest BCUT2D eigenvalue weighted by atomic mass is 10.0. The number of rotatable bonds is 8. The fourth-order valence-electron chi connectivity index (χ4n) is 2.67. The lowest BCUT2D eigenvalue weighted by molar-refractivity contribution is 0.0497. The molecule has 0 radical (unpaired) electrons. The summed E-state index contributed by atoms with van der Waals surface area (Å²) in [7, 11) is 4.63. The van der Waals surface area contributed by atoms with Gasteiger partial charge in [0.05, 0.1) is 32.4 Å². The molecule has 0 saturated heterocycles. The normalized spacial score (nSPS) is 10.5. The number of carbonyl (C=O) groups excluding carboxylic acids is 1. The highest BCUT2D eigenvalue weighted by Crippen LogP contribution is 2.47. The first-order chi connectivity index (χ1) is 12.5. The van der Waals surface area contributed by atoms with Crippen molar-refractivity contribution in [3.63, 3.8) is 0 Å². The van der Waals surface area contributed by atoms with Gasteiger partial charge in [0.25, 0.3) is 0 Å². The van der Waals surface area contributed by atoms with Crippen LogP contribution in [-0.2, 0) is 11.3 Å². The third-order valence-corrected chi connectivity index (χ3v) is 4.63. The zero-order valence-corrected chi connectivity index (χ0v) is 16.9. The van der Waals surface area contributed by atoms with Crippen molar-refractivity contribution in [3.05, 3.63) is 28.0 Å². The maximum atomic E-state index is 12.3. The van der Waals surface area contributed by atoms with E-state index in [0.717, 1.165) is 6.42 Å². The first kappa shape index (κ1) is 20.1. The molecular weight excluding hydrogens is 404 g/mol. The molecule has 7 nitrogen and oxygen atoms in total. The molecule has 8 heteroatoms. The van der Waals surface area contributed by atoms with Gasteiger partial charge in [0, 0.05) is 23.4 Å². The first-order valence-electron chi connectivity index (χ1n) is 8.10. The molecular formula is C18H23BrN2O5. The van der Waals surface area contributed by atoms with E-state index in [2.05, 4.69) is 20.9 Å². The summed E-state index contributed by atoms with van der Waals surface area (Å²) in [5.41, 5.74) is 8.30. The lowest BCUT2D eigenvalue weighted by Crippen LogP contribution is -2.07. The van der Waals surface area contributed by atoms with Crippen molar-refractivity contribution in [2.45, 2.75) is 19.9 Å². The number of esters is 1.